The molecular formula is C16H22FNO3S. The monoisotopic (exact) mass is 327 g/mol. The number of hydrogen-bond donors (Lipinski definition) is 0. The molecule has 0 saturated carbocycles. The second-order valence-electron chi connectivity index (χ2n) is 6.01. The summed E-state index contributed by atoms with van der Waals surface area (Å²) in [7, 11) is -2.96. The molecule has 1 aromatic rings. The van der Waals surface area contributed by atoms with Gasteiger partial charge in [-0.05, 0) is 36.8 Å². The van der Waals surface area contributed by atoms with E-state index in [1.54, 1.807) is 23.1 Å². The standard InChI is InChI=1S/C16H22FNO3S/c1-22(20,21)12-13-8-10-18(11-9-13)16(19)7-6-14-4-2-3-5-15(14)17/h2-5,13H,6-12H2,1H3. The van der Waals surface area contributed by atoms with Crippen molar-refractivity contribution in [2.45, 2.75) is 25.7 Å². The molecule has 1 saturated heterocycles. The van der Waals surface area contributed by atoms with Crippen LogP contribution in [0.25, 0.3) is 0 Å². The summed E-state index contributed by atoms with van der Waals surface area (Å²) in [6.45, 7) is 1.19. The van der Waals surface area contributed by atoms with Crippen molar-refractivity contribution in [2.24, 2.45) is 5.92 Å². The van der Waals surface area contributed by atoms with E-state index in [4.69, 9.17) is 0 Å². The van der Waals surface area contributed by atoms with Crippen molar-refractivity contribution in [3.05, 3.63) is 35.6 Å². The van der Waals surface area contributed by atoms with Gasteiger partial charge < -0.3 is 4.90 Å². The Hall–Kier alpha value is -1.43. The summed E-state index contributed by atoms with van der Waals surface area (Å²) in [5.74, 6) is 0.0819. The van der Waals surface area contributed by atoms with Crippen LogP contribution in [0.1, 0.15) is 24.8 Å². The van der Waals surface area contributed by atoms with E-state index < -0.39 is 9.84 Å². The van der Waals surface area contributed by atoms with Crippen LogP contribution in [0, 0.1) is 11.7 Å². The molecule has 4 nitrogen and oxygen atoms in total. The number of nitrogens with zero attached hydrogens (tertiary/aromatic N) is 1. The summed E-state index contributed by atoms with van der Waals surface area (Å²) < 4.78 is 36.1. The molecule has 1 aliphatic rings. The van der Waals surface area contributed by atoms with Crippen LogP contribution in [0.15, 0.2) is 24.3 Å². The molecule has 2 rings (SSSR count). The van der Waals surface area contributed by atoms with Gasteiger partial charge in [0.2, 0.25) is 5.91 Å². The Bertz CT molecular complexity index is 622. The molecule has 1 heterocycles. The topological polar surface area (TPSA) is 54.5 Å². The zero-order valence-corrected chi connectivity index (χ0v) is 13.6. The molecule has 22 heavy (non-hydrogen) atoms. The lowest BCUT2D eigenvalue weighted by Crippen LogP contribution is -2.40. The largest absolute Gasteiger partial charge is 0.343 e. The first-order chi connectivity index (χ1) is 10.3. The highest BCUT2D eigenvalue weighted by Crippen LogP contribution is 2.20. The van der Waals surface area contributed by atoms with Gasteiger partial charge in [-0.2, -0.15) is 0 Å². The van der Waals surface area contributed by atoms with Crippen LogP contribution in [0.4, 0.5) is 4.39 Å². The Morgan fingerprint density at radius 3 is 2.50 bits per heavy atom. The number of piperidine rings is 1. The minimum atomic E-state index is -2.96. The molecule has 0 atom stereocenters. The maximum Gasteiger partial charge on any atom is 0.222 e. The second-order valence-corrected chi connectivity index (χ2v) is 8.19. The lowest BCUT2D eigenvalue weighted by atomic mass is 9.98. The molecule has 0 unspecified atom stereocenters. The SMILES string of the molecule is CS(=O)(=O)CC1CCN(C(=O)CCc2ccccc2F)CC1. The van der Waals surface area contributed by atoms with Crippen molar-refractivity contribution < 1.29 is 17.6 Å². The van der Waals surface area contributed by atoms with Crippen molar-refractivity contribution in [1.82, 2.24) is 4.90 Å². The third-order valence-corrected chi connectivity index (χ3v) is 5.15. The van der Waals surface area contributed by atoms with Crippen LogP contribution in [0.2, 0.25) is 0 Å². The van der Waals surface area contributed by atoms with E-state index in [2.05, 4.69) is 0 Å². The Kier molecular flexibility index (Phi) is 5.56. The Labute approximate surface area is 131 Å². The summed E-state index contributed by atoms with van der Waals surface area (Å²) in [6.07, 6.45) is 3.38. The smallest absolute Gasteiger partial charge is 0.222 e. The molecule has 1 aromatic carbocycles. The van der Waals surface area contributed by atoms with E-state index in [9.17, 15) is 17.6 Å². The van der Waals surface area contributed by atoms with Crippen molar-refractivity contribution in [3.63, 3.8) is 0 Å². The molecule has 0 bridgehead atoms. The summed E-state index contributed by atoms with van der Waals surface area (Å²) in [5, 5.41) is 0. The molecule has 0 N–H and O–H groups in total. The van der Waals surface area contributed by atoms with E-state index >= 15 is 0 Å². The van der Waals surface area contributed by atoms with E-state index in [-0.39, 0.29) is 29.8 Å². The number of amides is 1. The first kappa shape index (κ1) is 16.9. The summed E-state index contributed by atoms with van der Waals surface area (Å²) in [6, 6.07) is 6.49. The van der Waals surface area contributed by atoms with Crippen molar-refractivity contribution in [1.29, 1.82) is 0 Å². The number of likely N-dealkylation sites (tertiary alicyclic amines) is 1. The minimum Gasteiger partial charge on any atom is -0.343 e. The zero-order valence-electron chi connectivity index (χ0n) is 12.8. The fourth-order valence-corrected chi connectivity index (χ4v) is 4.07. The summed E-state index contributed by atoms with van der Waals surface area (Å²) in [5.41, 5.74) is 0.558. The van der Waals surface area contributed by atoms with E-state index in [0.717, 1.165) is 12.8 Å². The Morgan fingerprint density at radius 1 is 1.27 bits per heavy atom. The molecule has 1 aliphatic heterocycles. The Balaban J connectivity index is 1.79. The van der Waals surface area contributed by atoms with Gasteiger partial charge in [-0.1, -0.05) is 18.2 Å². The van der Waals surface area contributed by atoms with Crippen LogP contribution in [-0.2, 0) is 21.1 Å². The molecule has 122 valence electrons. The fourth-order valence-electron chi connectivity index (χ4n) is 2.88. The normalized spacial score (nSPS) is 16.7. The van der Waals surface area contributed by atoms with Crippen LogP contribution in [0.3, 0.4) is 0 Å². The lowest BCUT2D eigenvalue weighted by Gasteiger charge is -2.31. The molecular weight excluding hydrogens is 305 g/mol. The zero-order chi connectivity index (χ0) is 16.2. The van der Waals surface area contributed by atoms with Gasteiger partial charge in [0.25, 0.3) is 0 Å². The maximum atomic E-state index is 13.5. The number of carbonyl (C=O) groups excluding carboxylic acids is 1. The highest BCUT2D eigenvalue weighted by atomic mass is 32.2. The average molecular weight is 327 g/mol. The molecule has 6 heteroatoms. The van der Waals surface area contributed by atoms with Crippen molar-refractivity contribution in [2.75, 3.05) is 25.1 Å². The van der Waals surface area contributed by atoms with E-state index in [0.29, 0.717) is 25.1 Å². The van der Waals surface area contributed by atoms with E-state index in [1.807, 2.05) is 0 Å². The number of halogens is 1. The first-order valence-electron chi connectivity index (χ1n) is 7.54. The number of carbonyl (C=O) groups is 1. The number of sulfone groups is 1. The predicted molar refractivity (Wildman–Crippen MR) is 83.7 cm³/mol. The minimum absolute atomic E-state index is 0.0149. The highest BCUT2D eigenvalue weighted by molar-refractivity contribution is 7.90. The molecule has 0 spiro atoms. The van der Waals surface area contributed by atoms with Gasteiger partial charge in [0.1, 0.15) is 15.7 Å². The van der Waals surface area contributed by atoms with Gasteiger partial charge >= 0.3 is 0 Å². The third kappa shape index (κ3) is 5.09. The first-order valence-corrected chi connectivity index (χ1v) is 9.60. The van der Waals surface area contributed by atoms with Gasteiger partial charge in [-0.25, -0.2) is 12.8 Å². The number of aryl methyl sites for hydroxylation is 1. The van der Waals surface area contributed by atoms with Gasteiger partial charge in [-0.15, -0.1) is 0 Å². The Morgan fingerprint density at radius 2 is 1.91 bits per heavy atom. The van der Waals surface area contributed by atoms with Gasteiger partial charge in [0.05, 0.1) is 5.75 Å². The van der Waals surface area contributed by atoms with Crippen LogP contribution in [0.5, 0.6) is 0 Å². The second kappa shape index (κ2) is 7.22. The molecule has 1 amide bonds. The number of hydrogen-bond acceptors (Lipinski definition) is 3. The van der Waals surface area contributed by atoms with Gasteiger partial charge in [0.15, 0.2) is 0 Å². The molecule has 0 radical (unpaired) electrons. The fraction of sp³-hybridized carbons (Fsp3) is 0.562. The van der Waals surface area contributed by atoms with Crippen LogP contribution < -0.4 is 0 Å². The van der Waals surface area contributed by atoms with Crippen molar-refractivity contribution >= 4 is 15.7 Å². The molecule has 0 aromatic heterocycles. The maximum absolute atomic E-state index is 13.5. The number of rotatable bonds is 5. The average Bonchev–Trinajstić information content (AvgIpc) is 2.45. The quantitative estimate of drug-likeness (QED) is 0.831. The molecule has 0 aliphatic carbocycles. The predicted octanol–water partition coefficient (Wildman–Crippen LogP) is 2.04. The number of benzene rings is 1. The highest BCUT2D eigenvalue weighted by Gasteiger charge is 2.24. The molecule has 1 fully saturated rings. The third-order valence-electron chi connectivity index (χ3n) is 4.07. The lowest BCUT2D eigenvalue weighted by molar-refractivity contribution is -0.132. The summed E-state index contributed by atoms with van der Waals surface area (Å²) in [4.78, 5) is 13.9. The van der Waals surface area contributed by atoms with Gasteiger partial charge in [-0.3, -0.25) is 4.79 Å². The van der Waals surface area contributed by atoms with E-state index in [1.165, 1.54) is 12.3 Å². The van der Waals surface area contributed by atoms with Crippen molar-refractivity contribution in [3.8, 4) is 0 Å². The summed E-state index contributed by atoms with van der Waals surface area (Å²) >= 11 is 0. The van der Waals surface area contributed by atoms with Crippen LogP contribution in [-0.4, -0.2) is 44.3 Å². The van der Waals surface area contributed by atoms with Gasteiger partial charge in [0, 0.05) is 25.8 Å². The van der Waals surface area contributed by atoms with Crippen LogP contribution >= 0.6 is 0 Å².